The summed E-state index contributed by atoms with van der Waals surface area (Å²) < 4.78 is 0. The van der Waals surface area contributed by atoms with Gasteiger partial charge < -0.3 is 4.90 Å². The first-order chi connectivity index (χ1) is 13.3. The summed E-state index contributed by atoms with van der Waals surface area (Å²) in [5.41, 5.74) is 0.963. The Hall–Kier alpha value is -0.530. The zero-order chi connectivity index (χ0) is 20.1. The number of likely N-dealkylation sites (tertiary alicyclic amines) is 1. The van der Waals surface area contributed by atoms with Crippen molar-refractivity contribution in [1.29, 1.82) is 0 Å². The van der Waals surface area contributed by atoms with E-state index in [2.05, 4.69) is 39.6 Å². The Balaban J connectivity index is 1.52. The molecule has 8 atom stereocenters. The van der Waals surface area contributed by atoms with Gasteiger partial charge in [-0.25, -0.2) is 0 Å². The van der Waals surface area contributed by atoms with Crippen molar-refractivity contribution in [2.75, 3.05) is 7.05 Å². The summed E-state index contributed by atoms with van der Waals surface area (Å²) in [5, 5.41) is 0. The Kier molecular flexibility index (Phi) is 5.64. The van der Waals surface area contributed by atoms with Gasteiger partial charge in [0.05, 0.1) is 0 Å². The van der Waals surface area contributed by atoms with Crippen LogP contribution in [0.25, 0.3) is 0 Å². The highest BCUT2D eigenvalue weighted by molar-refractivity contribution is 5.77. The zero-order valence-electron chi connectivity index (χ0n) is 19.3. The van der Waals surface area contributed by atoms with Gasteiger partial charge in [-0.05, 0) is 78.9 Å². The third-order valence-electron chi connectivity index (χ3n) is 10.3. The first kappa shape index (κ1) is 20.7. The van der Waals surface area contributed by atoms with Crippen LogP contribution >= 0.6 is 0 Å². The number of rotatable bonds is 5. The van der Waals surface area contributed by atoms with Crippen molar-refractivity contribution in [3.63, 3.8) is 0 Å². The van der Waals surface area contributed by atoms with Crippen LogP contribution in [0.2, 0.25) is 0 Å². The number of hydrogen-bond acceptors (Lipinski definition) is 1. The van der Waals surface area contributed by atoms with Gasteiger partial charge in [0.1, 0.15) is 0 Å². The van der Waals surface area contributed by atoms with Crippen LogP contribution in [0, 0.1) is 40.4 Å². The minimum atomic E-state index is 0.361. The quantitative estimate of drug-likeness (QED) is 0.482. The van der Waals surface area contributed by atoms with Crippen molar-refractivity contribution in [2.45, 2.75) is 111 Å². The molecule has 4 aliphatic rings. The van der Waals surface area contributed by atoms with Crippen LogP contribution in [0.5, 0.6) is 0 Å². The standard InChI is InChI=1S/C26H45NO/c1-6-7-8-9-10-19-16-21-24-18(2)15-22-26(4,14-12-23(28)27(22)5)20(24)11-13-25(21,3)17-19/h18-22,24H,6-17H2,1-5H3/t18?,19?,20-,21+,22?,24-,25-,26-/m1/s1. The summed E-state index contributed by atoms with van der Waals surface area (Å²) in [4.78, 5) is 14.6. The molecule has 0 aromatic carbocycles. The average molecular weight is 388 g/mol. The number of unbranched alkanes of at least 4 members (excludes halogenated alkanes) is 3. The van der Waals surface area contributed by atoms with Gasteiger partial charge in [0.25, 0.3) is 0 Å². The number of piperidine rings is 1. The molecule has 2 nitrogen and oxygen atoms in total. The van der Waals surface area contributed by atoms with Gasteiger partial charge in [0.15, 0.2) is 0 Å². The third kappa shape index (κ3) is 3.25. The van der Waals surface area contributed by atoms with E-state index in [1.54, 1.807) is 0 Å². The summed E-state index contributed by atoms with van der Waals surface area (Å²) in [6.07, 6.45) is 16.2. The van der Waals surface area contributed by atoms with E-state index >= 15 is 0 Å². The summed E-state index contributed by atoms with van der Waals surface area (Å²) >= 11 is 0. The number of fused-ring (bicyclic) bond motifs is 5. The molecule has 3 unspecified atom stereocenters. The fourth-order valence-electron chi connectivity index (χ4n) is 8.75. The molecule has 4 rings (SSSR count). The van der Waals surface area contributed by atoms with Gasteiger partial charge in [-0.15, -0.1) is 0 Å². The zero-order valence-corrected chi connectivity index (χ0v) is 19.3. The monoisotopic (exact) mass is 387 g/mol. The van der Waals surface area contributed by atoms with E-state index in [1.165, 1.54) is 64.2 Å². The lowest BCUT2D eigenvalue weighted by atomic mass is 9.45. The fraction of sp³-hybridized carbons (Fsp3) is 0.962. The molecular weight excluding hydrogens is 342 g/mol. The molecule has 3 saturated carbocycles. The summed E-state index contributed by atoms with van der Waals surface area (Å²) in [7, 11) is 2.09. The normalized spacial score (nSPS) is 48.2. The molecule has 1 amide bonds. The first-order valence-corrected chi connectivity index (χ1v) is 12.6. The molecule has 160 valence electrons. The van der Waals surface area contributed by atoms with E-state index < -0.39 is 0 Å². The van der Waals surface area contributed by atoms with Crippen LogP contribution in [0.15, 0.2) is 0 Å². The predicted molar refractivity (Wildman–Crippen MR) is 117 cm³/mol. The van der Waals surface area contributed by atoms with Gasteiger partial charge in [0.2, 0.25) is 5.91 Å². The van der Waals surface area contributed by atoms with Crippen LogP contribution in [0.4, 0.5) is 0 Å². The first-order valence-electron chi connectivity index (χ1n) is 12.6. The molecular formula is C26H45NO. The smallest absolute Gasteiger partial charge is 0.222 e. The lowest BCUT2D eigenvalue weighted by Gasteiger charge is -2.63. The summed E-state index contributed by atoms with van der Waals surface area (Å²) in [6, 6.07) is 0.487. The molecule has 3 aliphatic carbocycles. The minimum absolute atomic E-state index is 0.361. The highest BCUT2D eigenvalue weighted by atomic mass is 16.2. The second-order valence-electron chi connectivity index (χ2n) is 11.9. The molecule has 0 N–H and O–H groups in total. The fourth-order valence-corrected chi connectivity index (χ4v) is 8.75. The number of hydrogen-bond donors (Lipinski definition) is 0. The SMILES string of the molecule is CCCCCCC1C[C@H]2[C@@H]3C(C)CC4N(C)C(=O)CC[C@]4(C)[C@@H]3CC[C@]2(C)C1. The van der Waals surface area contributed by atoms with Crippen LogP contribution < -0.4 is 0 Å². The molecule has 4 fully saturated rings. The van der Waals surface area contributed by atoms with Crippen LogP contribution in [-0.2, 0) is 4.79 Å². The van der Waals surface area contributed by atoms with Crippen molar-refractivity contribution in [1.82, 2.24) is 4.90 Å². The molecule has 0 bridgehead atoms. The molecule has 28 heavy (non-hydrogen) atoms. The topological polar surface area (TPSA) is 20.3 Å². The molecule has 1 aliphatic heterocycles. The Morgan fingerprint density at radius 3 is 2.61 bits per heavy atom. The molecule has 0 aromatic heterocycles. The third-order valence-corrected chi connectivity index (χ3v) is 10.3. The number of carbonyl (C=O) groups is 1. The van der Waals surface area contributed by atoms with E-state index in [0.29, 0.717) is 22.8 Å². The van der Waals surface area contributed by atoms with Crippen molar-refractivity contribution in [3.8, 4) is 0 Å². The van der Waals surface area contributed by atoms with Gasteiger partial charge in [-0.1, -0.05) is 59.8 Å². The number of nitrogens with zero attached hydrogens (tertiary/aromatic N) is 1. The van der Waals surface area contributed by atoms with Gasteiger partial charge >= 0.3 is 0 Å². The Morgan fingerprint density at radius 2 is 1.86 bits per heavy atom. The van der Waals surface area contributed by atoms with Crippen LogP contribution in [0.3, 0.4) is 0 Å². The minimum Gasteiger partial charge on any atom is -0.342 e. The molecule has 1 heterocycles. The van der Waals surface area contributed by atoms with E-state index in [4.69, 9.17) is 0 Å². The van der Waals surface area contributed by atoms with E-state index in [-0.39, 0.29) is 0 Å². The van der Waals surface area contributed by atoms with Gasteiger partial charge in [-0.2, -0.15) is 0 Å². The summed E-state index contributed by atoms with van der Waals surface area (Å²) in [5.74, 6) is 4.84. The van der Waals surface area contributed by atoms with E-state index in [0.717, 1.165) is 42.4 Å². The summed E-state index contributed by atoms with van der Waals surface area (Å²) in [6.45, 7) is 10.1. The predicted octanol–water partition coefficient (Wildman–Crippen LogP) is 6.68. The second-order valence-corrected chi connectivity index (χ2v) is 11.9. The van der Waals surface area contributed by atoms with E-state index in [1.807, 2.05) is 0 Å². The molecule has 0 spiro atoms. The Labute approximate surface area is 174 Å². The van der Waals surface area contributed by atoms with Crippen molar-refractivity contribution in [3.05, 3.63) is 0 Å². The van der Waals surface area contributed by atoms with Gasteiger partial charge in [0, 0.05) is 19.5 Å². The van der Waals surface area contributed by atoms with Crippen molar-refractivity contribution >= 4 is 5.91 Å². The molecule has 1 saturated heterocycles. The maximum absolute atomic E-state index is 12.4. The molecule has 2 heteroatoms. The highest BCUT2D eigenvalue weighted by Gasteiger charge is 2.61. The van der Waals surface area contributed by atoms with Gasteiger partial charge in [-0.3, -0.25) is 4.79 Å². The maximum atomic E-state index is 12.4. The lowest BCUT2D eigenvalue weighted by Crippen LogP contribution is -2.62. The maximum Gasteiger partial charge on any atom is 0.222 e. The Bertz CT molecular complexity index is 587. The van der Waals surface area contributed by atoms with Crippen molar-refractivity contribution < 1.29 is 4.79 Å². The Morgan fingerprint density at radius 1 is 1.07 bits per heavy atom. The molecule has 0 radical (unpaired) electrons. The average Bonchev–Trinajstić information content (AvgIpc) is 3.00. The second kappa shape index (κ2) is 7.62. The number of carbonyl (C=O) groups excluding carboxylic acids is 1. The molecule has 0 aromatic rings. The largest absolute Gasteiger partial charge is 0.342 e. The van der Waals surface area contributed by atoms with Crippen molar-refractivity contribution in [2.24, 2.45) is 40.4 Å². The number of amides is 1. The van der Waals surface area contributed by atoms with E-state index in [9.17, 15) is 4.79 Å². The highest BCUT2D eigenvalue weighted by Crippen LogP contribution is 2.67. The van der Waals surface area contributed by atoms with Crippen LogP contribution in [0.1, 0.15) is 105 Å². The lowest BCUT2D eigenvalue weighted by molar-refractivity contribution is -0.164. The van der Waals surface area contributed by atoms with Crippen LogP contribution in [-0.4, -0.2) is 23.9 Å².